The SMILES string of the molecule is COc1ccc(OP(=O)(CC[Si](C)(C)C)CC[Si](C)(C)C)c(CO)c1. The number of methoxy groups -OCH3 is 1. The van der Waals surface area contributed by atoms with Crippen LogP contribution in [-0.4, -0.2) is 40.7 Å². The maximum atomic E-state index is 13.6. The Kier molecular flexibility index (Phi) is 8.00. The van der Waals surface area contributed by atoms with E-state index in [1.807, 2.05) is 0 Å². The summed E-state index contributed by atoms with van der Waals surface area (Å²) in [5.74, 6) is 1.19. The van der Waals surface area contributed by atoms with Crippen LogP contribution in [0.2, 0.25) is 51.4 Å². The van der Waals surface area contributed by atoms with Crippen LogP contribution in [0, 0.1) is 0 Å². The van der Waals surface area contributed by atoms with Crippen molar-refractivity contribution in [2.45, 2.75) is 58.0 Å². The molecule has 0 heterocycles. The summed E-state index contributed by atoms with van der Waals surface area (Å²) >= 11 is 0. The van der Waals surface area contributed by atoms with Gasteiger partial charge in [-0.25, -0.2) is 0 Å². The molecule has 0 aliphatic rings. The first-order valence-corrected chi connectivity index (χ1v) is 18.3. The summed E-state index contributed by atoms with van der Waals surface area (Å²) in [6, 6.07) is 7.27. The predicted octanol–water partition coefficient (Wildman–Crippen LogP) is 5.52. The van der Waals surface area contributed by atoms with E-state index >= 15 is 0 Å². The fourth-order valence-corrected chi connectivity index (χ4v) is 11.3. The first kappa shape index (κ1) is 22.5. The van der Waals surface area contributed by atoms with Crippen molar-refractivity contribution in [3.8, 4) is 11.5 Å². The van der Waals surface area contributed by atoms with Crippen molar-refractivity contribution < 1.29 is 18.9 Å². The van der Waals surface area contributed by atoms with Crippen molar-refractivity contribution in [2.24, 2.45) is 0 Å². The maximum absolute atomic E-state index is 13.6. The van der Waals surface area contributed by atoms with E-state index in [1.165, 1.54) is 0 Å². The van der Waals surface area contributed by atoms with Crippen LogP contribution in [-0.2, 0) is 11.2 Å². The van der Waals surface area contributed by atoms with Gasteiger partial charge in [0.2, 0.25) is 7.37 Å². The van der Waals surface area contributed by atoms with Gasteiger partial charge < -0.3 is 14.4 Å². The molecule has 0 spiro atoms. The minimum atomic E-state index is -2.78. The molecule has 0 fully saturated rings. The Hall–Kier alpha value is -0.556. The van der Waals surface area contributed by atoms with Crippen molar-refractivity contribution >= 4 is 23.5 Å². The Morgan fingerprint density at radius 3 is 1.92 bits per heavy atom. The molecule has 1 aromatic rings. The van der Waals surface area contributed by atoms with E-state index in [0.29, 0.717) is 29.4 Å². The van der Waals surface area contributed by atoms with E-state index in [0.717, 1.165) is 12.1 Å². The third kappa shape index (κ3) is 8.58. The fourth-order valence-electron chi connectivity index (χ4n) is 2.29. The van der Waals surface area contributed by atoms with Crippen LogP contribution in [0.1, 0.15) is 5.56 Å². The molecule has 0 saturated heterocycles. The van der Waals surface area contributed by atoms with Gasteiger partial charge in [0, 0.05) is 34.0 Å². The minimum absolute atomic E-state index is 0.158. The lowest BCUT2D eigenvalue weighted by Crippen LogP contribution is -2.24. The van der Waals surface area contributed by atoms with Gasteiger partial charge in [-0.2, -0.15) is 0 Å². The van der Waals surface area contributed by atoms with E-state index in [9.17, 15) is 9.67 Å². The Morgan fingerprint density at radius 1 is 1.00 bits per heavy atom. The average molecular weight is 403 g/mol. The summed E-state index contributed by atoms with van der Waals surface area (Å²) in [5, 5.41) is 9.64. The molecule has 0 radical (unpaired) electrons. The largest absolute Gasteiger partial charge is 0.497 e. The lowest BCUT2D eigenvalue weighted by Gasteiger charge is -2.26. The second-order valence-corrected chi connectivity index (χ2v) is 23.1. The highest BCUT2D eigenvalue weighted by atomic mass is 31.2. The average Bonchev–Trinajstić information content (AvgIpc) is 2.50. The van der Waals surface area contributed by atoms with Gasteiger partial charge >= 0.3 is 0 Å². The molecule has 0 unspecified atom stereocenters. The molecule has 1 rings (SSSR count). The summed E-state index contributed by atoms with van der Waals surface area (Å²) in [7, 11) is -3.81. The summed E-state index contributed by atoms with van der Waals surface area (Å²) < 4.78 is 24.9. The Labute approximate surface area is 155 Å². The van der Waals surface area contributed by atoms with Gasteiger partial charge in [-0.05, 0) is 30.3 Å². The van der Waals surface area contributed by atoms with Crippen LogP contribution < -0.4 is 9.26 Å². The van der Waals surface area contributed by atoms with Crippen LogP contribution in [0.5, 0.6) is 11.5 Å². The van der Waals surface area contributed by atoms with Gasteiger partial charge in [-0.3, -0.25) is 4.57 Å². The van der Waals surface area contributed by atoms with Crippen LogP contribution in [0.15, 0.2) is 18.2 Å². The molecule has 25 heavy (non-hydrogen) atoms. The van der Waals surface area contributed by atoms with Crippen molar-refractivity contribution in [2.75, 3.05) is 19.4 Å². The Bertz CT molecular complexity index is 584. The normalized spacial score (nSPS) is 13.0. The molecule has 1 aromatic carbocycles. The number of hydrogen-bond donors (Lipinski definition) is 1. The first-order valence-electron chi connectivity index (χ1n) is 8.93. The van der Waals surface area contributed by atoms with Crippen molar-refractivity contribution in [3.05, 3.63) is 23.8 Å². The van der Waals surface area contributed by atoms with Crippen molar-refractivity contribution in [3.63, 3.8) is 0 Å². The molecule has 0 aliphatic carbocycles. The maximum Gasteiger partial charge on any atom is 0.247 e. The van der Waals surface area contributed by atoms with E-state index in [-0.39, 0.29) is 6.61 Å². The van der Waals surface area contributed by atoms with Crippen LogP contribution >= 0.6 is 7.37 Å². The smallest absolute Gasteiger partial charge is 0.247 e. The van der Waals surface area contributed by atoms with E-state index in [1.54, 1.807) is 25.3 Å². The summed E-state index contributed by atoms with van der Waals surface area (Å²) in [6.07, 6.45) is 1.26. The highest BCUT2D eigenvalue weighted by molar-refractivity contribution is 7.59. The third-order valence-corrected chi connectivity index (χ3v) is 10.8. The summed E-state index contributed by atoms with van der Waals surface area (Å²) in [4.78, 5) is 0. The fraction of sp³-hybridized carbons (Fsp3) is 0.667. The van der Waals surface area contributed by atoms with Crippen molar-refractivity contribution in [1.82, 2.24) is 0 Å². The highest BCUT2D eigenvalue weighted by Gasteiger charge is 2.30. The van der Waals surface area contributed by atoms with Crippen LogP contribution in [0.3, 0.4) is 0 Å². The number of aliphatic hydroxyl groups is 1. The highest BCUT2D eigenvalue weighted by Crippen LogP contribution is 2.51. The Morgan fingerprint density at radius 2 is 1.52 bits per heavy atom. The number of ether oxygens (including phenoxy) is 1. The van der Waals surface area contributed by atoms with E-state index in [4.69, 9.17) is 9.26 Å². The van der Waals surface area contributed by atoms with Gasteiger partial charge in [0.1, 0.15) is 11.5 Å². The monoisotopic (exact) mass is 402 g/mol. The molecule has 0 atom stereocenters. The topological polar surface area (TPSA) is 55.8 Å². The molecule has 0 amide bonds. The molecule has 0 aliphatic heterocycles. The first-order chi connectivity index (χ1) is 11.4. The van der Waals surface area contributed by atoms with Gasteiger partial charge in [0.05, 0.1) is 13.7 Å². The molecule has 0 saturated carbocycles. The second-order valence-electron chi connectivity index (χ2n) is 9.11. The molecular formula is C18H35O4PSi2. The lowest BCUT2D eigenvalue weighted by atomic mass is 10.2. The van der Waals surface area contributed by atoms with Crippen molar-refractivity contribution in [1.29, 1.82) is 0 Å². The molecule has 7 heteroatoms. The molecule has 4 nitrogen and oxygen atoms in total. The van der Waals surface area contributed by atoms with Gasteiger partial charge in [0.15, 0.2) is 0 Å². The quantitative estimate of drug-likeness (QED) is 0.413. The predicted molar refractivity (Wildman–Crippen MR) is 113 cm³/mol. The number of aliphatic hydroxyl groups excluding tert-OH is 1. The second kappa shape index (κ2) is 8.89. The zero-order valence-corrected chi connectivity index (χ0v) is 19.8. The Balaban J connectivity index is 3.05. The van der Waals surface area contributed by atoms with E-state index < -0.39 is 23.5 Å². The summed E-state index contributed by atoms with van der Waals surface area (Å²) in [6.45, 7) is 13.6. The van der Waals surface area contributed by atoms with Crippen LogP contribution in [0.4, 0.5) is 0 Å². The number of benzene rings is 1. The third-order valence-electron chi connectivity index (χ3n) is 4.11. The van der Waals surface area contributed by atoms with Gasteiger partial charge in [-0.1, -0.05) is 39.3 Å². The zero-order chi connectivity index (χ0) is 19.3. The molecule has 0 bridgehead atoms. The van der Waals surface area contributed by atoms with Crippen LogP contribution in [0.25, 0.3) is 0 Å². The van der Waals surface area contributed by atoms with Gasteiger partial charge in [0.25, 0.3) is 0 Å². The molecule has 144 valence electrons. The number of hydrogen-bond acceptors (Lipinski definition) is 4. The van der Waals surface area contributed by atoms with Gasteiger partial charge in [-0.15, -0.1) is 0 Å². The molecule has 1 N–H and O–H groups in total. The number of rotatable bonds is 10. The summed E-state index contributed by atoms with van der Waals surface area (Å²) in [5.41, 5.74) is 0.626. The lowest BCUT2D eigenvalue weighted by molar-refractivity contribution is 0.277. The molecular weight excluding hydrogens is 367 g/mol. The molecule has 0 aromatic heterocycles. The standard InChI is InChI=1S/C18H35O4PSi2/c1-21-17-8-9-18(16(14-17)15-19)22-23(20,10-12-24(2,3)4)11-13-25(5,6)7/h8-9,14,19H,10-13,15H2,1-7H3. The zero-order valence-electron chi connectivity index (χ0n) is 16.9. The minimum Gasteiger partial charge on any atom is -0.497 e. The van der Waals surface area contributed by atoms with E-state index in [2.05, 4.69) is 39.3 Å².